The highest BCUT2D eigenvalue weighted by Crippen LogP contribution is 2.19. The molecule has 23 heavy (non-hydrogen) atoms. The lowest BCUT2D eigenvalue weighted by molar-refractivity contribution is 0.0598. The van der Waals surface area contributed by atoms with Gasteiger partial charge in [0.1, 0.15) is 5.75 Å². The Kier molecular flexibility index (Phi) is 5.14. The predicted octanol–water partition coefficient (Wildman–Crippen LogP) is 1.85. The number of ketones is 1. The molecule has 7 nitrogen and oxygen atoms in total. The molecule has 0 aliphatic carbocycles. The van der Waals surface area contributed by atoms with Crippen LogP contribution in [0.5, 0.6) is 5.75 Å². The number of ether oxygens (including phenoxy) is 3. The van der Waals surface area contributed by atoms with Crippen molar-refractivity contribution in [2.45, 2.75) is 0 Å². The molecule has 0 aliphatic rings. The van der Waals surface area contributed by atoms with E-state index in [1.54, 1.807) is 18.3 Å². The van der Waals surface area contributed by atoms with Crippen LogP contribution >= 0.6 is 0 Å². The fraction of sp³-hybridized carbons (Fsp3) is 0.188. The molecule has 0 bridgehead atoms. The number of nitrogens with one attached hydrogen (secondary N) is 1. The molecule has 120 valence electrons. The Morgan fingerprint density at radius 1 is 1.00 bits per heavy atom. The standard InChI is InChI=1S/C16H15NO6/c1-21-15(19)10-6-11(16(20)22-2)8-12(7-10)23-9-14(18)13-4-3-5-17-13/h3-8,17H,9H2,1-2H3. The molecule has 0 unspecified atom stereocenters. The van der Waals surface area contributed by atoms with Crippen molar-refractivity contribution >= 4 is 17.7 Å². The molecule has 1 heterocycles. The van der Waals surface area contributed by atoms with Crippen molar-refractivity contribution in [1.82, 2.24) is 4.98 Å². The number of H-pyrrole nitrogens is 1. The van der Waals surface area contributed by atoms with E-state index in [1.165, 1.54) is 32.4 Å². The molecule has 0 saturated heterocycles. The van der Waals surface area contributed by atoms with Crippen molar-refractivity contribution in [3.63, 3.8) is 0 Å². The van der Waals surface area contributed by atoms with E-state index < -0.39 is 11.9 Å². The van der Waals surface area contributed by atoms with Crippen LogP contribution in [-0.2, 0) is 9.47 Å². The van der Waals surface area contributed by atoms with Crippen molar-refractivity contribution < 1.29 is 28.6 Å². The summed E-state index contributed by atoms with van der Waals surface area (Å²) in [6.07, 6.45) is 1.63. The molecule has 0 spiro atoms. The fourth-order valence-corrected chi connectivity index (χ4v) is 1.88. The second kappa shape index (κ2) is 7.26. The summed E-state index contributed by atoms with van der Waals surface area (Å²) in [6.45, 7) is -0.244. The minimum absolute atomic E-state index is 0.123. The van der Waals surface area contributed by atoms with E-state index in [0.29, 0.717) is 5.69 Å². The minimum atomic E-state index is -0.628. The molecule has 1 aromatic carbocycles. The number of methoxy groups -OCH3 is 2. The Balaban J connectivity index is 2.21. The number of benzene rings is 1. The van der Waals surface area contributed by atoms with Gasteiger partial charge in [0.15, 0.2) is 6.61 Å². The van der Waals surface area contributed by atoms with E-state index in [0.717, 1.165) is 0 Å². The van der Waals surface area contributed by atoms with Crippen molar-refractivity contribution in [2.75, 3.05) is 20.8 Å². The largest absolute Gasteiger partial charge is 0.485 e. The minimum Gasteiger partial charge on any atom is -0.485 e. The Morgan fingerprint density at radius 3 is 2.09 bits per heavy atom. The van der Waals surface area contributed by atoms with Gasteiger partial charge in [-0.1, -0.05) is 0 Å². The third kappa shape index (κ3) is 3.97. The van der Waals surface area contributed by atoms with Crippen LogP contribution in [0.2, 0.25) is 0 Å². The summed E-state index contributed by atoms with van der Waals surface area (Å²) in [5, 5.41) is 0. The Bertz CT molecular complexity index is 686. The second-order valence-electron chi connectivity index (χ2n) is 4.52. The van der Waals surface area contributed by atoms with Crippen LogP contribution < -0.4 is 4.74 Å². The predicted molar refractivity (Wildman–Crippen MR) is 79.7 cm³/mol. The quantitative estimate of drug-likeness (QED) is 0.645. The highest BCUT2D eigenvalue weighted by atomic mass is 16.5. The van der Waals surface area contributed by atoms with Gasteiger partial charge in [-0.15, -0.1) is 0 Å². The van der Waals surface area contributed by atoms with Crippen molar-refractivity contribution in [2.24, 2.45) is 0 Å². The zero-order valence-electron chi connectivity index (χ0n) is 12.6. The average Bonchev–Trinajstić information content (AvgIpc) is 3.12. The van der Waals surface area contributed by atoms with Crippen LogP contribution in [0, 0.1) is 0 Å². The van der Waals surface area contributed by atoms with Crippen LogP contribution in [0.4, 0.5) is 0 Å². The van der Waals surface area contributed by atoms with E-state index in [4.69, 9.17) is 4.74 Å². The van der Waals surface area contributed by atoms with Gasteiger partial charge in [-0.25, -0.2) is 9.59 Å². The molecule has 0 fully saturated rings. The summed E-state index contributed by atoms with van der Waals surface area (Å²) in [5.41, 5.74) is 0.651. The maximum absolute atomic E-state index is 11.9. The van der Waals surface area contributed by atoms with Crippen LogP contribution in [0.15, 0.2) is 36.5 Å². The summed E-state index contributed by atoms with van der Waals surface area (Å²) in [5.74, 6) is -1.33. The molecule has 7 heteroatoms. The van der Waals surface area contributed by atoms with Crippen LogP contribution in [0.1, 0.15) is 31.2 Å². The highest BCUT2D eigenvalue weighted by Gasteiger charge is 2.15. The van der Waals surface area contributed by atoms with E-state index in [9.17, 15) is 14.4 Å². The molecule has 2 aromatic rings. The van der Waals surface area contributed by atoms with Crippen LogP contribution in [-0.4, -0.2) is 43.5 Å². The number of carbonyl (C=O) groups is 3. The topological polar surface area (TPSA) is 94.7 Å². The monoisotopic (exact) mass is 317 g/mol. The molecule has 2 rings (SSSR count). The van der Waals surface area contributed by atoms with E-state index >= 15 is 0 Å². The fourth-order valence-electron chi connectivity index (χ4n) is 1.88. The highest BCUT2D eigenvalue weighted by molar-refractivity contribution is 5.97. The van der Waals surface area contributed by atoms with Crippen molar-refractivity contribution in [3.8, 4) is 5.75 Å². The summed E-state index contributed by atoms with van der Waals surface area (Å²) < 4.78 is 14.6. The number of hydrogen-bond donors (Lipinski definition) is 1. The molecule has 1 aromatic heterocycles. The van der Waals surface area contributed by atoms with E-state index in [-0.39, 0.29) is 29.3 Å². The summed E-state index contributed by atoms with van der Waals surface area (Å²) in [7, 11) is 2.45. The zero-order chi connectivity index (χ0) is 16.8. The number of Topliss-reactive ketones (excluding diaryl/α,β-unsaturated/α-hetero) is 1. The first-order valence-electron chi connectivity index (χ1n) is 6.66. The number of aromatic nitrogens is 1. The lowest BCUT2D eigenvalue weighted by Gasteiger charge is -2.09. The lowest BCUT2D eigenvalue weighted by Crippen LogP contribution is -2.13. The second-order valence-corrected chi connectivity index (χ2v) is 4.52. The lowest BCUT2D eigenvalue weighted by atomic mass is 10.1. The van der Waals surface area contributed by atoms with Gasteiger partial charge in [0, 0.05) is 6.20 Å². The first kappa shape index (κ1) is 16.3. The zero-order valence-corrected chi connectivity index (χ0v) is 12.6. The molecule has 0 amide bonds. The van der Waals surface area contributed by atoms with Crippen LogP contribution in [0.3, 0.4) is 0 Å². The van der Waals surface area contributed by atoms with E-state index in [1.807, 2.05) is 0 Å². The van der Waals surface area contributed by atoms with Gasteiger partial charge in [0.25, 0.3) is 0 Å². The number of rotatable bonds is 6. The first-order chi connectivity index (χ1) is 11.0. The molecular formula is C16H15NO6. The van der Waals surface area contributed by atoms with Gasteiger partial charge in [-0.3, -0.25) is 4.79 Å². The van der Waals surface area contributed by atoms with Gasteiger partial charge < -0.3 is 19.2 Å². The van der Waals surface area contributed by atoms with Gasteiger partial charge in [-0.2, -0.15) is 0 Å². The third-order valence-corrected chi connectivity index (χ3v) is 3.02. The summed E-state index contributed by atoms with van der Waals surface area (Å²) >= 11 is 0. The Morgan fingerprint density at radius 2 is 1.61 bits per heavy atom. The molecule has 0 radical (unpaired) electrons. The Hall–Kier alpha value is -3.09. The maximum Gasteiger partial charge on any atom is 0.338 e. The third-order valence-electron chi connectivity index (χ3n) is 3.02. The number of aromatic amines is 1. The van der Waals surface area contributed by atoms with Gasteiger partial charge in [0.2, 0.25) is 5.78 Å². The maximum atomic E-state index is 11.9. The van der Waals surface area contributed by atoms with Crippen molar-refractivity contribution in [1.29, 1.82) is 0 Å². The summed E-state index contributed by atoms with van der Waals surface area (Å²) in [6, 6.07) is 7.43. The normalized spacial score (nSPS) is 10.0. The number of esters is 2. The number of carbonyl (C=O) groups excluding carboxylic acids is 3. The SMILES string of the molecule is COC(=O)c1cc(OCC(=O)c2ccc[nH]2)cc(C(=O)OC)c1. The average molecular weight is 317 g/mol. The van der Waals surface area contributed by atoms with Crippen molar-refractivity contribution in [3.05, 3.63) is 53.3 Å². The van der Waals surface area contributed by atoms with Gasteiger partial charge in [0.05, 0.1) is 31.0 Å². The summed E-state index contributed by atoms with van der Waals surface area (Å²) in [4.78, 5) is 38.0. The Labute approximate surface area is 132 Å². The molecular weight excluding hydrogens is 302 g/mol. The molecule has 0 aliphatic heterocycles. The van der Waals surface area contributed by atoms with Crippen LogP contribution in [0.25, 0.3) is 0 Å². The van der Waals surface area contributed by atoms with E-state index in [2.05, 4.69) is 14.5 Å². The molecule has 0 saturated carbocycles. The molecule has 1 N–H and O–H groups in total. The van der Waals surface area contributed by atoms with Gasteiger partial charge >= 0.3 is 11.9 Å². The molecule has 0 atom stereocenters. The smallest absolute Gasteiger partial charge is 0.338 e. The number of hydrogen-bond acceptors (Lipinski definition) is 6. The van der Waals surface area contributed by atoms with Gasteiger partial charge in [-0.05, 0) is 30.3 Å². The first-order valence-corrected chi connectivity index (χ1v) is 6.66.